The van der Waals surface area contributed by atoms with E-state index in [1.54, 1.807) is 19.3 Å². The highest BCUT2D eigenvalue weighted by Crippen LogP contribution is 2.15. The summed E-state index contributed by atoms with van der Waals surface area (Å²) in [6.07, 6.45) is 4.25. The zero-order valence-corrected chi connectivity index (χ0v) is 11.8. The van der Waals surface area contributed by atoms with Crippen LogP contribution < -0.4 is 16.2 Å². The van der Waals surface area contributed by atoms with E-state index in [9.17, 15) is 9.59 Å². The van der Waals surface area contributed by atoms with Crippen molar-refractivity contribution in [3.8, 4) is 0 Å². The molecule has 2 N–H and O–H groups in total. The van der Waals surface area contributed by atoms with Crippen molar-refractivity contribution in [2.24, 2.45) is 13.0 Å². The van der Waals surface area contributed by atoms with E-state index in [1.807, 2.05) is 0 Å². The number of hydrogen-bond acceptors (Lipinski definition) is 3. The van der Waals surface area contributed by atoms with Crippen LogP contribution in [0, 0.1) is 5.92 Å². The normalized spacial score (nSPS) is 17.8. The van der Waals surface area contributed by atoms with Crippen LogP contribution in [0.2, 0.25) is 0 Å². The number of carbonyl (C=O) groups excluding carboxylic acids is 1. The predicted molar refractivity (Wildman–Crippen MR) is 77.8 cm³/mol. The summed E-state index contributed by atoms with van der Waals surface area (Å²) in [7, 11) is 1.67. The number of carbonyl (C=O) groups is 1. The van der Waals surface area contributed by atoms with Gasteiger partial charge in [0.05, 0.1) is 5.69 Å². The van der Waals surface area contributed by atoms with Gasteiger partial charge in [0.15, 0.2) is 0 Å². The SMILES string of the molecule is Cl.Cn1cc(NC(=O)CCC2CCNC2)ccc1=O. The van der Waals surface area contributed by atoms with E-state index in [-0.39, 0.29) is 23.9 Å². The standard InChI is InChI=1S/C13H19N3O2.ClH/c1-16-9-11(3-5-13(16)18)15-12(17)4-2-10-6-7-14-8-10;/h3,5,9-10,14H,2,4,6-8H2,1H3,(H,15,17);1H. The number of aromatic nitrogens is 1. The van der Waals surface area contributed by atoms with Crippen molar-refractivity contribution in [3.63, 3.8) is 0 Å². The maximum absolute atomic E-state index is 11.7. The highest BCUT2D eigenvalue weighted by atomic mass is 35.5. The van der Waals surface area contributed by atoms with Crippen LogP contribution in [0.25, 0.3) is 0 Å². The number of nitrogens with one attached hydrogen (secondary N) is 2. The monoisotopic (exact) mass is 285 g/mol. The lowest BCUT2D eigenvalue weighted by molar-refractivity contribution is -0.116. The van der Waals surface area contributed by atoms with Crippen LogP contribution in [0.15, 0.2) is 23.1 Å². The maximum atomic E-state index is 11.7. The molecule has 0 aliphatic carbocycles. The second kappa shape index (κ2) is 7.31. The lowest BCUT2D eigenvalue weighted by Crippen LogP contribution is -2.18. The molecule has 1 amide bonds. The summed E-state index contributed by atoms with van der Waals surface area (Å²) in [5.74, 6) is 0.636. The fourth-order valence-electron chi connectivity index (χ4n) is 2.19. The summed E-state index contributed by atoms with van der Waals surface area (Å²) in [4.78, 5) is 22.9. The lowest BCUT2D eigenvalue weighted by Gasteiger charge is -2.09. The molecule has 19 heavy (non-hydrogen) atoms. The number of halogens is 1. The predicted octanol–water partition coefficient (Wildman–Crippen LogP) is 1.14. The summed E-state index contributed by atoms with van der Waals surface area (Å²) < 4.78 is 1.45. The summed E-state index contributed by atoms with van der Waals surface area (Å²) in [6.45, 7) is 2.08. The third-order valence-corrected chi connectivity index (χ3v) is 3.31. The van der Waals surface area contributed by atoms with Gasteiger partial charge in [-0.25, -0.2) is 0 Å². The average molecular weight is 286 g/mol. The number of anilines is 1. The molecule has 0 saturated carbocycles. The van der Waals surface area contributed by atoms with Crippen molar-refractivity contribution in [1.82, 2.24) is 9.88 Å². The third kappa shape index (κ3) is 4.69. The number of pyridine rings is 1. The fraction of sp³-hybridized carbons (Fsp3) is 0.538. The minimum atomic E-state index is -0.0787. The van der Waals surface area contributed by atoms with Crippen LogP contribution in [0.5, 0.6) is 0 Å². The molecule has 1 aromatic rings. The first-order chi connectivity index (χ1) is 8.65. The van der Waals surface area contributed by atoms with Gasteiger partial charge in [-0.15, -0.1) is 12.4 Å². The Bertz CT molecular complexity index is 481. The minimum Gasteiger partial charge on any atom is -0.325 e. The van der Waals surface area contributed by atoms with Gasteiger partial charge < -0.3 is 15.2 Å². The van der Waals surface area contributed by atoms with E-state index in [0.717, 1.165) is 25.9 Å². The third-order valence-electron chi connectivity index (χ3n) is 3.31. The molecule has 0 aromatic carbocycles. The molecule has 1 unspecified atom stereocenters. The molecule has 0 radical (unpaired) electrons. The molecule has 1 fully saturated rings. The molecule has 1 atom stereocenters. The Morgan fingerprint density at radius 1 is 1.53 bits per heavy atom. The van der Waals surface area contributed by atoms with Crippen molar-refractivity contribution in [2.45, 2.75) is 19.3 Å². The van der Waals surface area contributed by atoms with Gasteiger partial charge in [-0.05, 0) is 37.9 Å². The number of nitrogens with zero attached hydrogens (tertiary/aromatic N) is 1. The van der Waals surface area contributed by atoms with Gasteiger partial charge in [0, 0.05) is 25.7 Å². The van der Waals surface area contributed by atoms with Gasteiger partial charge in [-0.3, -0.25) is 9.59 Å². The Kier molecular flexibility index (Phi) is 6.05. The van der Waals surface area contributed by atoms with Crippen molar-refractivity contribution in [2.75, 3.05) is 18.4 Å². The van der Waals surface area contributed by atoms with Gasteiger partial charge in [-0.1, -0.05) is 0 Å². The van der Waals surface area contributed by atoms with E-state index in [4.69, 9.17) is 0 Å². The molecule has 1 aliphatic rings. The van der Waals surface area contributed by atoms with Crippen molar-refractivity contribution >= 4 is 24.0 Å². The van der Waals surface area contributed by atoms with E-state index in [0.29, 0.717) is 18.0 Å². The smallest absolute Gasteiger partial charge is 0.250 e. The number of aryl methyl sites for hydroxylation is 1. The molecule has 1 aromatic heterocycles. The minimum absolute atomic E-state index is 0. The van der Waals surface area contributed by atoms with Gasteiger partial charge in [0.25, 0.3) is 0 Å². The first kappa shape index (κ1) is 15.7. The molecule has 1 aliphatic heterocycles. The molecule has 0 bridgehead atoms. The Balaban J connectivity index is 0.00000180. The average Bonchev–Trinajstić information content (AvgIpc) is 2.84. The number of amides is 1. The molecule has 106 valence electrons. The number of hydrogen-bond donors (Lipinski definition) is 2. The van der Waals surface area contributed by atoms with E-state index in [1.165, 1.54) is 10.6 Å². The summed E-state index contributed by atoms with van der Waals surface area (Å²) >= 11 is 0. The molecule has 0 spiro atoms. The Labute approximate surface area is 118 Å². The molecule has 2 rings (SSSR count). The zero-order valence-electron chi connectivity index (χ0n) is 11.0. The summed E-state index contributed by atoms with van der Waals surface area (Å²) in [5.41, 5.74) is 0.594. The Hall–Kier alpha value is -1.33. The first-order valence-electron chi connectivity index (χ1n) is 6.32. The van der Waals surface area contributed by atoms with Crippen molar-refractivity contribution in [3.05, 3.63) is 28.7 Å². The van der Waals surface area contributed by atoms with Crippen molar-refractivity contribution in [1.29, 1.82) is 0 Å². The van der Waals surface area contributed by atoms with E-state index >= 15 is 0 Å². The highest BCUT2D eigenvalue weighted by molar-refractivity contribution is 5.90. The molecule has 1 saturated heterocycles. The maximum Gasteiger partial charge on any atom is 0.250 e. The van der Waals surface area contributed by atoms with Gasteiger partial charge in [0.2, 0.25) is 11.5 Å². The number of rotatable bonds is 4. The van der Waals surface area contributed by atoms with Crippen LogP contribution in [-0.4, -0.2) is 23.6 Å². The molecular formula is C13H20ClN3O2. The quantitative estimate of drug-likeness (QED) is 0.872. The van der Waals surface area contributed by atoms with Crippen LogP contribution in [-0.2, 0) is 11.8 Å². The van der Waals surface area contributed by atoms with Gasteiger partial charge in [0.1, 0.15) is 0 Å². The molecule has 5 nitrogen and oxygen atoms in total. The summed E-state index contributed by atoms with van der Waals surface area (Å²) in [5, 5.41) is 6.10. The van der Waals surface area contributed by atoms with Gasteiger partial charge >= 0.3 is 0 Å². The molecule has 6 heteroatoms. The van der Waals surface area contributed by atoms with Crippen LogP contribution in [0.3, 0.4) is 0 Å². The highest BCUT2D eigenvalue weighted by Gasteiger charge is 2.15. The fourth-order valence-corrected chi connectivity index (χ4v) is 2.19. The van der Waals surface area contributed by atoms with Crippen LogP contribution in [0.4, 0.5) is 5.69 Å². The van der Waals surface area contributed by atoms with Crippen LogP contribution >= 0.6 is 12.4 Å². The first-order valence-corrected chi connectivity index (χ1v) is 6.32. The molecule has 2 heterocycles. The second-order valence-electron chi connectivity index (χ2n) is 4.81. The summed E-state index contributed by atoms with van der Waals surface area (Å²) in [6, 6.07) is 3.09. The van der Waals surface area contributed by atoms with Crippen molar-refractivity contribution < 1.29 is 4.79 Å². The van der Waals surface area contributed by atoms with Crippen LogP contribution in [0.1, 0.15) is 19.3 Å². The zero-order chi connectivity index (χ0) is 13.0. The topological polar surface area (TPSA) is 63.1 Å². The largest absolute Gasteiger partial charge is 0.325 e. The van der Waals surface area contributed by atoms with E-state index < -0.39 is 0 Å². The Morgan fingerprint density at radius 3 is 2.95 bits per heavy atom. The molecular weight excluding hydrogens is 266 g/mol. The Morgan fingerprint density at radius 2 is 2.32 bits per heavy atom. The van der Waals surface area contributed by atoms with Gasteiger partial charge in [-0.2, -0.15) is 0 Å². The second-order valence-corrected chi connectivity index (χ2v) is 4.81. The lowest BCUT2D eigenvalue weighted by atomic mass is 10.0. The van der Waals surface area contributed by atoms with E-state index in [2.05, 4.69) is 10.6 Å².